The van der Waals surface area contributed by atoms with Gasteiger partial charge in [0.05, 0.1) is 23.7 Å². The van der Waals surface area contributed by atoms with Crippen molar-refractivity contribution < 1.29 is 4.79 Å². The molecule has 1 aromatic heterocycles. The number of rotatable bonds is 3. The number of hydrogen-bond acceptors (Lipinski definition) is 3. The highest BCUT2D eigenvalue weighted by molar-refractivity contribution is 9.12. The molecule has 1 aliphatic carbocycles. The van der Waals surface area contributed by atoms with E-state index in [1.54, 1.807) is 0 Å². The molecule has 0 aromatic carbocycles. The maximum absolute atomic E-state index is 12.5. The molecule has 0 spiro atoms. The summed E-state index contributed by atoms with van der Waals surface area (Å²) in [4.78, 5) is 12.9. The minimum atomic E-state index is -0.531. The summed E-state index contributed by atoms with van der Waals surface area (Å²) >= 11 is 13.5. The summed E-state index contributed by atoms with van der Waals surface area (Å²) in [5, 5.41) is 3.09. The lowest BCUT2D eigenvalue weighted by Crippen LogP contribution is -2.56. The molecule has 110 valence electrons. The highest BCUT2D eigenvalue weighted by Gasteiger charge is 2.36. The van der Waals surface area contributed by atoms with Crippen molar-refractivity contribution in [2.24, 2.45) is 5.73 Å². The van der Waals surface area contributed by atoms with E-state index < -0.39 is 5.54 Å². The van der Waals surface area contributed by atoms with E-state index in [4.69, 9.17) is 18.0 Å². The Morgan fingerprint density at radius 3 is 2.35 bits per heavy atom. The number of nitrogens with one attached hydrogen (secondary N) is 1. The van der Waals surface area contributed by atoms with E-state index in [1.807, 2.05) is 6.07 Å². The first-order chi connectivity index (χ1) is 9.44. The normalized spacial score (nSPS) is 18.3. The first kappa shape index (κ1) is 16.4. The lowest BCUT2D eigenvalue weighted by Gasteiger charge is -2.32. The molecular formula is C13H16Br2N2OS2. The Kier molecular flexibility index (Phi) is 5.62. The predicted octanol–water partition coefficient (Wildman–Crippen LogP) is 4.38. The van der Waals surface area contributed by atoms with E-state index in [0.717, 1.165) is 33.3 Å². The van der Waals surface area contributed by atoms with Crippen LogP contribution < -0.4 is 11.1 Å². The monoisotopic (exact) mass is 438 g/mol. The largest absolute Gasteiger partial charge is 0.391 e. The minimum Gasteiger partial charge on any atom is -0.391 e. The third kappa shape index (κ3) is 3.61. The van der Waals surface area contributed by atoms with Gasteiger partial charge >= 0.3 is 0 Å². The van der Waals surface area contributed by atoms with Crippen LogP contribution in [0, 0.1) is 0 Å². The Morgan fingerprint density at radius 2 is 1.90 bits per heavy atom. The number of halogens is 2. The van der Waals surface area contributed by atoms with E-state index in [1.165, 1.54) is 24.2 Å². The van der Waals surface area contributed by atoms with Crippen molar-refractivity contribution in [1.29, 1.82) is 0 Å². The fourth-order valence-electron chi connectivity index (χ4n) is 2.54. The molecule has 2 rings (SSSR count). The van der Waals surface area contributed by atoms with Crippen LogP contribution in [0.3, 0.4) is 0 Å². The minimum absolute atomic E-state index is 0.117. The molecule has 0 aliphatic heterocycles. The van der Waals surface area contributed by atoms with Crippen LogP contribution in [0.4, 0.5) is 0 Å². The number of thiocarbonyl (C=S) groups is 1. The molecule has 1 heterocycles. The van der Waals surface area contributed by atoms with Gasteiger partial charge in [-0.25, -0.2) is 0 Å². The molecule has 1 fully saturated rings. The first-order valence-corrected chi connectivity index (χ1v) is 9.33. The predicted molar refractivity (Wildman–Crippen MR) is 94.4 cm³/mol. The van der Waals surface area contributed by atoms with Crippen molar-refractivity contribution in [1.82, 2.24) is 5.32 Å². The number of hydrogen-bond donors (Lipinski definition) is 2. The molecule has 1 saturated carbocycles. The maximum atomic E-state index is 12.5. The van der Waals surface area contributed by atoms with E-state index >= 15 is 0 Å². The summed E-state index contributed by atoms with van der Waals surface area (Å²) in [6.45, 7) is 0. The number of carbonyl (C=O) groups is 1. The van der Waals surface area contributed by atoms with Crippen molar-refractivity contribution >= 4 is 66.3 Å². The van der Waals surface area contributed by atoms with Gasteiger partial charge in [0, 0.05) is 0 Å². The molecule has 3 N–H and O–H groups in total. The second-order valence-electron chi connectivity index (χ2n) is 5.05. The molecule has 1 amide bonds. The molecule has 3 nitrogen and oxygen atoms in total. The average molecular weight is 440 g/mol. The van der Waals surface area contributed by atoms with E-state index in [9.17, 15) is 4.79 Å². The smallest absolute Gasteiger partial charge is 0.254 e. The quantitative estimate of drug-likeness (QED) is 0.542. The van der Waals surface area contributed by atoms with Crippen LogP contribution in [0.2, 0.25) is 0 Å². The first-order valence-electron chi connectivity index (χ1n) is 6.52. The van der Waals surface area contributed by atoms with Gasteiger partial charge in [-0.2, -0.15) is 0 Å². The lowest BCUT2D eigenvalue weighted by molar-refractivity contribution is 0.0917. The summed E-state index contributed by atoms with van der Waals surface area (Å²) in [6.07, 6.45) is 6.11. The summed E-state index contributed by atoms with van der Waals surface area (Å²) in [5.41, 5.74) is 6.04. The van der Waals surface area contributed by atoms with Gasteiger partial charge in [-0.1, -0.05) is 37.9 Å². The molecule has 1 aliphatic rings. The summed E-state index contributed by atoms with van der Waals surface area (Å²) < 4.78 is 1.73. The zero-order valence-corrected chi connectivity index (χ0v) is 15.7. The third-order valence-electron chi connectivity index (χ3n) is 3.68. The number of nitrogens with two attached hydrogens (primary N) is 1. The van der Waals surface area contributed by atoms with Gasteiger partial charge in [0.15, 0.2) is 0 Å². The van der Waals surface area contributed by atoms with E-state index in [2.05, 4.69) is 37.2 Å². The summed E-state index contributed by atoms with van der Waals surface area (Å²) in [6, 6.07) is 1.81. The third-order valence-corrected chi connectivity index (χ3v) is 6.41. The van der Waals surface area contributed by atoms with Crippen LogP contribution in [-0.4, -0.2) is 16.4 Å². The zero-order valence-electron chi connectivity index (χ0n) is 10.9. The molecule has 0 unspecified atom stereocenters. The number of thiophene rings is 1. The molecule has 0 radical (unpaired) electrons. The zero-order chi connectivity index (χ0) is 14.8. The van der Waals surface area contributed by atoms with Crippen LogP contribution in [-0.2, 0) is 0 Å². The Hall–Kier alpha value is 0.0200. The van der Waals surface area contributed by atoms with Gasteiger partial charge in [0.1, 0.15) is 0 Å². The molecule has 0 saturated heterocycles. The Labute approximate surface area is 144 Å². The van der Waals surface area contributed by atoms with Gasteiger partial charge in [0.2, 0.25) is 0 Å². The van der Waals surface area contributed by atoms with Crippen LogP contribution in [0.15, 0.2) is 13.6 Å². The second kappa shape index (κ2) is 6.85. The summed E-state index contributed by atoms with van der Waals surface area (Å²) in [7, 11) is 0. The molecule has 0 atom stereocenters. The van der Waals surface area contributed by atoms with E-state index in [-0.39, 0.29) is 5.91 Å². The van der Waals surface area contributed by atoms with Gasteiger partial charge in [0.25, 0.3) is 5.91 Å². The van der Waals surface area contributed by atoms with Gasteiger partial charge in [-0.05, 0) is 50.8 Å². The fraction of sp³-hybridized carbons (Fsp3) is 0.538. The van der Waals surface area contributed by atoms with Crippen molar-refractivity contribution in [3.63, 3.8) is 0 Å². The van der Waals surface area contributed by atoms with Crippen molar-refractivity contribution in [3.05, 3.63) is 19.2 Å². The average Bonchev–Trinajstić information content (AvgIpc) is 2.60. The topological polar surface area (TPSA) is 55.1 Å². The number of amides is 1. The standard InChI is InChI=1S/C13H16Br2N2OS2/c14-9-7-8(10(15)20-9)11(18)17-13(12(16)19)5-3-1-2-4-6-13/h7H,1-6H2,(H2,16,19)(H,17,18). The number of carbonyl (C=O) groups excluding carboxylic acids is 1. The molecule has 20 heavy (non-hydrogen) atoms. The van der Waals surface area contributed by atoms with Crippen LogP contribution in [0.1, 0.15) is 48.9 Å². The summed E-state index contributed by atoms with van der Waals surface area (Å²) in [5.74, 6) is -0.117. The molecular weight excluding hydrogens is 424 g/mol. The highest BCUT2D eigenvalue weighted by atomic mass is 79.9. The fourth-order valence-corrected chi connectivity index (χ4v) is 5.59. The van der Waals surface area contributed by atoms with Crippen molar-refractivity contribution in [3.8, 4) is 0 Å². The Morgan fingerprint density at radius 1 is 1.30 bits per heavy atom. The van der Waals surface area contributed by atoms with Crippen molar-refractivity contribution in [2.75, 3.05) is 0 Å². The SMILES string of the molecule is NC(=S)C1(NC(=O)c2cc(Br)sc2Br)CCCCCC1. The Balaban J connectivity index is 2.21. The Bertz CT molecular complexity index is 522. The lowest BCUT2D eigenvalue weighted by atomic mass is 9.89. The van der Waals surface area contributed by atoms with Gasteiger partial charge < -0.3 is 11.1 Å². The van der Waals surface area contributed by atoms with E-state index in [0.29, 0.717) is 10.6 Å². The molecule has 0 bridgehead atoms. The maximum Gasteiger partial charge on any atom is 0.254 e. The van der Waals surface area contributed by atoms with Crippen LogP contribution >= 0.6 is 55.4 Å². The van der Waals surface area contributed by atoms with Crippen LogP contribution in [0.25, 0.3) is 0 Å². The van der Waals surface area contributed by atoms with Crippen molar-refractivity contribution in [2.45, 2.75) is 44.1 Å². The van der Waals surface area contributed by atoms with Crippen LogP contribution in [0.5, 0.6) is 0 Å². The van der Waals surface area contributed by atoms with Gasteiger partial charge in [-0.3, -0.25) is 4.79 Å². The second-order valence-corrected chi connectivity index (χ2v) is 9.24. The van der Waals surface area contributed by atoms with Gasteiger partial charge in [-0.15, -0.1) is 11.3 Å². The molecule has 1 aromatic rings. The molecule has 7 heteroatoms. The highest BCUT2D eigenvalue weighted by Crippen LogP contribution is 2.33.